The van der Waals surface area contributed by atoms with Gasteiger partial charge in [-0.3, -0.25) is 9.89 Å². The third-order valence-corrected chi connectivity index (χ3v) is 4.59. The van der Waals surface area contributed by atoms with Crippen molar-refractivity contribution in [3.05, 3.63) is 75.1 Å². The molecule has 0 spiro atoms. The van der Waals surface area contributed by atoms with Crippen molar-refractivity contribution in [2.24, 2.45) is 0 Å². The van der Waals surface area contributed by atoms with Crippen LogP contribution >= 0.6 is 0 Å². The van der Waals surface area contributed by atoms with Gasteiger partial charge in [-0.25, -0.2) is 4.68 Å². The Kier molecular flexibility index (Phi) is 4.18. The van der Waals surface area contributed by atoms with Crippen LogP contribution in [0.4, 0.5) is 0 Å². The third-order valence-electron chi connectivity index (χ3n) is 4.59. The molecule has 124 valence electrons. The van der Waals surface area contributed by atoms with Gasteiger partial charge in [0.05, 0.1) is 11.4 Å². The van der Waals surface area contributed by atoms with E-state index >= 15 is 0 Å². The zero-order valence-electron chi connectivity index (χ0n) is 15.0. The van der Waals surface area contributed by atoms with Gasteiger partial charge in [-0.2, -0.15) is 0 Å². The Labute approximate surface area is 143 Å². The van der Waals surface area contributed by atoms with Crippen molar-refractivity contribution in [3.63, 3.8) is 0 Å². The maximum Gasteiger partial charge on any atom is 0.275 e. The summed E-state index contributed by atoms with van der Waals surface area (Å²) in [5.41, 5.74) is 7.31. The molecule has 0 fully saturated rings. The molecule has 3 aromatic rings. The quantitative estimate of drug-likeness (QED) is 0.733. The van der Waals surface area contributed by atoms with Crippen LogP contribution in [0, 0.1) is 20.8 Å². The lowest BCUT2D eigenvalue weighted by molar-refractivity contribution is 0.824. The highest BCUT2D eigenvalue weighted by Crippen LogP contribution is 2.26. The van der Waals surface area contributed by atoms with Gasteiger partial charge >= 0.3 is 0 Å². The first-order valence-corrected chi connectivity index (χ1v) is 8.38. The molecule has 0 aliphatic rings. The number of benzene rings is 2. The molecule has 0 saturated carbocycles. The first kappa shape index (κ1) is 16.3. The fourth-order valence-corrected chi connectivity index (χ4v) is 2.97. The molecule has 0 saturated heterocycles. The van der Waals surface area contributed by atoms with Crippen LogP contribution in [0.1, 0.15) is 42.0 Å². The molecular formula is C21H24N2O. The van der Waals surface area contributed by atoms with Crippen LogP contribution in [0.25, 0.3) is 16.9 Å². The molecule has 3 rings (SSSR count). The summed E-state index contributed by atoms with van der Waals surface area (Å²) in [7, 11) is 0. The minimum absolute atomic E-state index is 0.0313. The van der Waals surface area contributed by atoms with Crippen LogP contribution < -0.4 is 5.56 Å². The van der Waals surface area contributed by atoms with E-state index in [1.54, 1.807) is 4.68 Å². The van der Waals surface area contributed by atoms with Crippen LogP contribution in [0.15, 0.2) is 47.3 Å². The van der Waals surface area contributed by atoms with Gasteiger partial charge in [0.1, 0.15) is 0 Å². The molecule has 0 unspecified atom stereocenters. The summed E-state index contributed by atoms with van der Waals surface area (Å²) in [5.74, 6) is 0.151. The standard InChI is InChI=1S/C21H24N2O/c1-13(2)19-20(17-9-6-14(3)7-10-17)22-23(21(19)24)18-11-8-15(4)16(5)12-18/h6-13,22H,1-5H3. The second kappa shape index (κ2) is 6.16. The maximum atomic E-state index is 13.0. The average molecular weight is 320 g/mol. The number of H-pyrrole nitrogens is 1. The molecule has 1 heterocycles. The van der Waals surface area contributed by atoms with Gasteiger partial charge in [0.15, 0.2) is 0 Å². The number of hydrogen-bond donors (Lipinski definition) is 1. The molecule has 3 heteroatoms. The average Bonchev–Trinajstić information content (AvgIpc) is 2.88. The van der Waals surface area contributed by atoms with E-state index in [4.69, 9.17) is 0 Å². The molecule has 0 atom stereocenters. The van der Waals surface area contributed by atoms with E-state index in [2.05, 4.69) is 76.1 Å². The zero-order valence-corrected chi connectivity index (χ0v) is 15.0. The Bertz CT molecular complexity index is 927. The largest absolute Gasteiger partial charge is 0.290 e. The monoisotopic (exact) mass is 320 g/mol. The van der Waals surface area contributed by atoms with E-state index in [9.17, 15) is 4.79 Å². The van der Waals surface area contributed by atoms with E-state index < -0.39 is 0 Å². The predicted molar refractivity (Wildman–Crippen MR) is 100 cm³/mol. The number of aryl methyl sites for hydroxylation is 3. The highest BCUT2D eigenvalue weighted by Gasteiger charge is 2.19. The summed E-state index contributed by atoms with van der Waals surface area (Å²) in [5, 5.41) is 3.33. The second-order valence-electron chi connectivity index (χ2n) is 6.83. The molecule has 1 N–H and O–H groups in total. The SMILES string of the molecule is Cc1ccc(-c2[nH]n(-c3ccc(C)c(C)c3)c(=O)c2C(C)C)cc1. The summed E-state index contributed by atoms with van der Waals surface area (Å²) >= 11 is 0. The molecule has 1 aromatic heterocycles. The van der Waals surface area contributed by atoms with Crippen LogP contribution in [-0.2, 0) is 0 Å². The molecule has 24 heavy (non-hydrogen) atoms. The highest BCUT2D eigenvalue weighted by atomic mass is 16.1. The van der Waals surface area contributed by atoms with Gasteiger partial charge in [-0.1, -0.05) is 49.7 Å². The summed E-state index contributed by atoms with van der Waals surface area (Å²) in [6, 6.07) is 14.4. The van der Waals surface area contributed by atoms with Gasteiger partial charge < -0.3 is 0 Å². The van der Waals surface area contributed by atoms with Gasteiger partial charge in [-0.05, 0) is 55.5 Å². The van der Waals surface area contributed by atoms with Crippen molar-refractivity contribution >= 4 is 0 Å². The van der Waals surface area contributed by atoms with E-state index in [-0.39, 0.29) is 11.5 Å². The number of aromatic nitrogens is 2. The minimum atomic E-state index is 0.0313. The fraction of sp³-hybridized carbons (Fsp3) is 0.286. The molecule has 3 nitrogen and oxygen atoms in total. The predicted octanol–water partition coefficient (Wildman–Crippen LogP) is 4.88. The Hall–Kier alpha value is -2.55. The number of rotatable bonds is 3. The topological polar surface area (TPSA) is 37.8 Å². The first-order chi connectivity index (χ1) is 11.4. The van der Waals surface area contributed by atoms with E-state index in [0.717, 1.165) is 22.5 Å². The Morgan fingerprint density at radius 3 is 2.17 bits per heavy atom. The second-order valence-corrected chi connectivity index (χ2v) is 6.83. The Morgan fingerprint density at radius 1 is 0.917 bits per heavy atom. The minimum Gasteiger partial charge on any atom is -0.290 e. The smallest absolute Gasteiger partial charge is 0.275 e. The van der Waals surface area contributed by atoms with Crippen LogP contribution in [-0.4, -0.2) is 9.78 Å². The summed E-state index contributed by atoms with van der Waals surface area (Å²) < 4.78 is 1.66. The molecule has 0 bridgehead atoms. The van der Waals surface area contributed by atoms with Crippen molar-refractivity contribution in [1.29, 1.82) is 0 Å². The lowest BCUT2D eigenvalue weighted by Gasteiger charge is -2.06. The third kappa shape index (κ3) is 2.82. The Balaban J connectivity index is 2.22. The van der Waals surface area contributed by atoms with Crippen LogP contribution in [0.3, 0.4) is 0 Å². The number of aromatic amines is 1. The van der Waals surface area contributed by atoms with Gasteiger partial charge in [0.25, 0.3) is 5.56 Å². The van der Waals surface area contributed by atoms with Gasteiger partial charge in [0, 0.05) is 5.56 Å². The van der Waals surface area contributed by atoms with E-state index in [1.807, 2.05) is 6.07 Å². The van der Waals surface area contributed by atoms with E-state index in [1.165, 1.54) is 16.7 Å². The first-order valence-electron chi connectivity index (χ1n) is 8.38. The normalized spacial score (nSPS) is 11.2. The van der Waals surface area contributed by atoms with Crippen molar-refractivity contribution in [3.8, 4) is 16.9 Å². The molecular weight excluding hydrogens is 296 g/mol. The van der Waals surface area contributed by atoms with Crippen LogP contribution in [0.5, 0.6) is 0 Å². The highest BCUT2D eigenvalue weighted by molar-refractivity contribution is 5.64. The van der Waals surface area contributed by atoms with Crippen molar-refractivity contribution in [2.45, 2.75) is 40.5 Å². The fourth-order valence-electron chi connectivity index (χ4n) is 2.97. The molecule has 2 aromatic carbocycles. The van der Waals surface area contributed by atoms with Crippen molar-refractivity contribution in [2.75, 3.05) is 0 Å². The maximum absolute atomic E-state index is 13.0. The molecule has 0 aliphatic heterocycles. The zero-order chi connectivity index (χ0) is 17.4. The lowest BCUT2D eigenvalue weighted by Crippen LogP contribution is -2.18. The van der Waals surface area contributed by atoms with Crippen LogP contribution in [0.2, 0.25) is 0 Å². The summed E-state index contributed by atoms with van der Waals surface area (Å²) in [6.45, 7) is 10.3. The molecule has 0 aliphatic carbocycles. The van der Waals surface area contributed by atoms with Gasteiger partial charge in [0.2, 0.25) is 0 Å². The number of nitrogens with one attached hydrogen (secondary N) is 1. The van der Waals surface area contributed by atoms with Gasteiger partial charge in [-0.15, -0.1) is 0 Å². The summed E-state index contributed by atoms with van der Waals surface area (Å²) in [6.07, 6.45) is 0. The number of hydrogen-bond acceptors (Lipinski definition) is 1. The summed E-state index contributed by atoms with van der Waals surface area (Å²) in [4.78, 5) is 13.0. The Morgan fingerprint density at radius 2 is 1.58 bits per heavy atom. The lowest BCUT2D eigenvalue weighted by atomic mass is 9.99. The van der Waals surface area contributed by atoms with Crippen molar-refractivity contribution < 1.29 is 0 Å². The molecule has 0 amide bonds. The molecule has 0 radical (unpaired) electrons. The van der Waals surface area contributed by atoms with E-state index in [0.29, 0.717) is 0 Å². The number of nitrogens with zero attached hydrogens (tertiary/aromatic N) is 1. The van der Waals surface area contributed by atoms with Crippen molar-refractivity contribution in [1.82, 2.24) is 9.78 Å².